The molecule has 4 aliphatic heterocycles. The molecule has 0 aromatic carbocycles. The molecule has 10 nitrogen and oxygen atoms in total. The van der Waals surface area contributed by atoms with Gasteiger partial charge in [0.1, 0.15) is 6.10 Å². The quantitative estimate of drug-likeness (QED) is 0.299. The van der Waals surface area contributed by atoms with Crippen LogP contribution in [0.1, 0.15) is 53.4 Å². The van der Waals surface area contributed by atoms with Gasteiger partial charge in [0.05, 0.1) is 29.3 Å². The Bertz CT molecular complexity index is 1300. The summed E-state index contributed by atoms with van der Waals surface area (Å²) >= 11 is 0. The number of hydrogen-bond donors (Lipinski definition) is 3. The minimum Gasteiger partial charge on any atom is -0.458 e. The lowest BCUT2D eigenvalue weighted by molar-refractivity contribution is -0.350. The molecule has 4 heterocycles. The predicted molar refractivity (Wildman–Crippen MR) is 126 cm³/mol. The number of aliphatic hydroxyl groups excluding tert-OH is 1. The Morgan fingerprint density at radius 1 is 1.08 bits per heavy atom. The zero-order valence-corrected chi connectivity index (χ0v) is 21.7. The fourth-order valence-electron chi connectivity index (χ4n) is 9.51. The summed E-state index contributed by atoms with van der Waals surface area (Å²) in [6.07, 6.45) is 2.66. The summed E-state index contributed by atoms with van der Waals surface area (Å²) in [7, 11) is 0. The molecule has 0 radical (unpaired) electrons. The van der Waals surface area contributed by atoms with E-state index in [2.05, 4.69) is 0 Å². The van der Waals surface area contributed by atoms with Crippen molar-refractivity contribution in [2.75, 3.05) is 0 Å². The fourth-order valence-corrected chi connectivity index (χ4v) is 9.51. The third-order valence-corrected chi connectivity index (χ3v) is 11.8. The predicted octanol–water partition coefficient (Wildman–Crippen LogP) is 0.510. The van der Waals surface area contributed by atoms with E-state index in [0.717, 1.165) is 0 Å². The number of fused-ring (bicyclic) bond motifs is 9. The number of aliphatic hydroxyl groups is 3. The van der Waals surface area contributed by atoms with Gasteiger partial charge in [0.25, 0.3) is 0 Å². The molecule has 1 saturated carbocycles. The SMILES string of the molecule is C[C@@H]1C(=O)O[C@@H]2C[C@@]1(C)[C@@H]1C(=O)[C@]3(O)O[C@]14[C@@]2(C)OC(=O)[C@@]4(O)CC[C@H]1[C@H]3[C@@H](O)C=C2CC=CC(=O)[C@@]21C. The minimum absolute atomic E-state index is 0.0287. The van der Waals surface area contributed by atoms with Gasteiger partial charge in [-0.3, -0.25) is 14.4 Å². The Hall–Kier alpha value is -2.40. The molecule has 3 aliphatic carbocycles. The molecule has 10 heteroatoms. The maximum absolute atomic E-state index is 14.6. The Balaban J connectivity index is 1.52. The number of carbonyl (C=O) groups excluding carboxylic acids is 4. The first-order valence-corrected chi connectivity index (χ1v) is 13.4. The summed E-state index contributed by atoms with van der Waals surface area (Å²) in [6.45, 7) is 6.53. The number of ketones is 2. The van der Waals surface area contributed by atoms with E-state index in [0.29, 0.717) is 12.0 Å². The number of allylic oxidation sites excluding steroid dienone is 3. The van der Waals surface area contributed by atoms with E-state index in [-0.39, 0.29) is 25.0 Å². The lowest BCUT2D eigenvalue weighted by Gasteiger charge is -2.61. The van der Waals surface area contributed by atoms with Crippen LogP contribution in [0.3, 0.4) is 0 Å². The van der Waals surface area contributed by atoms with Gasteiger partial charge in [-0.25, -0.2) is 4.79 Å². The normalized spacial score (nSPS) is 58.1. The van der Waals surface area contributed by atoms with Gasteiger partial charge in [0, 0.05) is 0 Å². The topological polar surface area (TPSA) is 157 Å². The second kappa shape index (κ2) is 6.66. The summed E-state index contributed by atoms with van der Waals surface area (Å²) < 4.78 is 18.0. The third kappa shape index (κ3) is 2.19. The first kappa shape index (κ1) is 24.6. The molecule has 12 atom stereocenters. The lowest BCUT2D eigenvalue weighted by atomic mass is 9.46. The average molecular weight is 529 g/mol. The molecule has 4 saturated heterocycles. The van der Waals surface area contributed by atoms with Gasteiger partial charge in [-0.2, -0.15) is 0 Å². The largest absolute Gasteiger partial charge is 0.458 e. The summed E-state index contributed by atoms with van der Waals surface area (Å²) in [5.74, 6) is -9.59. The van der Waals surface area contributed by atoms with E-state index in [1.807, 2.05) is 0 Å². The summed E-state index contributed by atoms with van der Waals surface area (Å²) in [5, 5.41) is 36.1. The van der Waals surface area contributed by atoms with Crippen molar-refractivity contribution in [3.8, 4) is 0 Å². The molecular weight excluding hydrogens is 496 g/mol. The van der Waals surface area contributed by atoms with Crippen LogP contribution in [0, 0.1) is 34.5 Å². The van der Waals surface area contributed by atoms with Crippen LogP contribution in [0.4, 0.5) is 0 Å². The van der Waals surface area contributed by atoms with Crippen LogP contribution in [-0.4, -0.2) is 73.6 Å². The maximum Gasteiger partial charge on any atom is 0.342 e. The Labute approximate surface area is 219 Å². The van der Waals surface area contributed by atoms with Crippen molar-refractivity contribution >= 4 is 23.5 Å². The van der Waals surface area contributed by atoms with Crippen molar-refractivity contribution in [2.24, 2.45) is 34.5 Å². The molecule has 38 heavy (non-hydrogen) atoms. The highest BCUT2D eigenvalue weighted by Crippen LogP contribution is 2.73. The number of esters is 2. The monoisotopic (exact) mass is 528 g/mol. The number of Topliss-reactive ketones (excluding diaryl/α,β-unsaturated/α-hetero) is 1. The first-order valence-electron chi connectivity index (χ1n) is 13.4. The van der Waals surface area contributed by atoms with E-state index < -0.39 is 87.0 Å². The van der Waals surface area contributed by atoms with E-state index in [1.54, 1.807) is 26.8 Å². The molecule has 0 aromatic heterocycles. The van der Waals surface area contributed by atoms with Crippen LogP contribution in [0.25, 0.3) is 0 Å². The Kier molecular flexibility index (Phi) is 4.31. The molecule has 0 aromatic rings. The van der Waals surface area contributed by atoms with Crippen LogP contribution in [-0.2, 0) is 33.4 Å². The van der Waals surface area contributed by atoms with Gasteiger partial charge >= 0.3 is 11.9 Å². The summed E-state index contributed by atoms with van der Waals surface area (Å²) in [6, 6.07) is 0. The van der Waals surface area contributed by atoms with Crippen molar-refractivity contribution in [3.63, 3.8) is 0 Å². The molecule has 0 amide bonds. The van der Waals surface area contributed by atoms with Crippen LogP contribution in [0.5, 0.6) is 0 Å². The summed E-state index contributed by atoms with van der Waals surface area (Å²) in [5.41, 5.74) is -7.93. The van der Waals surface area contributed by atoms with E-state index >= 15 is 0 Å². The molecule has 4 bridgehead atoms. The van der Waals surface area contributed by atoms with E-state index in [4.69, 9.17) is 14.2 Å². The Morgan fingerprint density at radius 2 is 1.79 bits per heavy atom. The number of rotatable bonds is 0. The molecular formula is C28H32O10. The van der Waals surface area contributed by atoms with Gasteiger partial charge in [0.15, 0.2) is 28.4 Å². The van der Waals surface area contributed by atoms with Gasteiger partial charge < -0.3 is 29.5 Å². The van der Waals surface area contributed by atoms with Gasteiger partial charge in [-0.05, 0) is 56.9 Å². The number of hydrogen-bond acceptors (Lipinski definition) is 10. The molecule has 5 fully saturated rings. The van der Waals surface area contributed by atoms with Gasteiger partial charge in [-0.15, -0.1) is 0 Å². The van der Waals surface area contributed by atoms with Crippen molar-refractivity contribution < 1.29 is 48.7 Å². The van der Waals surface area contributed by atoms with Crippen LogP contribution in [0.2, 0.25) is 0 Å². The smallest absolute Gasteiger partial charge is 0.342 e. The van der Waals surface area contributed by atoms with Crippen molar-refractivity contribution in [3.05, 3.63) is 23.8 Å². The molecule has 204 valence electrons. The second-order valence-corrected chi connectivity index (χ2v) is 13.1. The number of carbonyl (C=O) groups is 4. The summed E-state index contributed by atoms with van der Waals surface area (Å²) in [4.78, 5) is 54.6. The van der Waals surface area contributed by atoms with Gasteiger partial charge in [0.2, 0.25) is 5.79 Å². The highest BCUT2D eigenvalue weighted by atomic mass is 16.7. The number of ether oxygens (including phenoxy) is 3. The van der Waals surface area contributed by atoms with Crippen molar-refractivity contribution in [2.45, 2.75) is 88.2 Å². The molecule has 7 aliphatic rings. The standard InChI is InChI=1S/C28H32O10/c1-12-21(32)36-17-11-23(12,2)19-20(31)27(35)18-14(24(3)13(10-15(18)29)6-5-7-16(24)30)8-9-26(34)22(33)37-25(17,4)28(19,26)38-27/h5,7,10,12,14-15,17-19,29,34-35H,6,8-9,11H2,1-4H3/t12-,14+,15+,17-,18+,19+,23-,24+,25+,26+,27-,28+/m1/s1. The molecule has 3 N–H and O–H groups in total. The Morgan fingerprint density at radius 3 is 2.50 bits per heavy atom. The highest BCUT2D eigenvalue weighted by Gasteiger charge is 2.92. The second-order valence-electron chi connectivity index (χ2n) is 13.1. The van der Waals surface area contributed by atoms with E-state index in [9.17, 15) is 34.5 Å². The van der Waals surface area contributed by atoms with Crippen LogP contribution < -0.4 is 0 Å². The molecule has 0 unspecified atom stereocenters. The minimum atomic E-state index is -2.67. The molecule has 1 spiro atoms. The van der Waals surface area contributed by atoms with Crippen LogP contribution >= 0.6 is 0 Å². The van der Waals surface area contributed by atoms with E-state index in [1.165, 1.54) is 19.1 Å². The van der Waals surface area contributed by atoms with Crippen molar-refractivity contribution in [1.29, 1.82) is 0 Å². The van der Waals surface area contributed by atoms with Crippen molar-refractivity contribution in [1.82, 2.24) is 0 Å². The van der Waals surface area contributed by atoms with Crippen LogP contribution in [0.15, 0.2) is 23.8 Å². The maximum atomic E-state index is 14.6. The zero-order valence-electron chi connectivity index (χ0n) is 21.7. The average Bonchev–Trinajstić information content (AvgIpc) is 3.19. The third-order valence-electron chi connectivity index (χ3n) is 11.8. The van der Waals surface area contributed by atoms with Gasteiger partial charge in [-0.1, -0.05) is 31.6 Å². The zero-order chi connectivity index (χ0) is 27.4. The molecule has 7 rings (SSSR count). The lowest BCUT2D eigenvalue weighted by Crippen LogP contribution is -2.78. The fraction of sp³-hybridized carbons (Fsp3) is 0.714. The first-order chi connectivity index (χ1) is 17.6. The highest BCUT2D eigenvalue weighted by molar-refractivity contribution is 6.01.